The number of methoxy groups -OCH3 is 1. The number of carbonyl (C=O) groups excluding carboxylic acids is 5. The van der Waals surface area contributed by atoms with Gasteiger partial charge < -0.3 is 18.6 Å². The first-order valence-electron chi connectivity index (χ1n) is 13.0. The quantitative estimate of drug-likeness (QED) is 0.249. The molecule has 8 atom stereocenters. The molecule has 1 aliphatic heterocycles. The second-order valence-corrected chi connectivity index (χ2v) is 12.2. The van der Waals surface area contributed by atoms with Gasteiger partial charge in [0.15, 0.2) is 11.6 Å². The van der Waals surface area contributed by atoms with Crippen LogP contribution in [-0.4, -0.2) is 42.7 Å². The van der Waals surface area contributed by atoms with Crippen LogP contribution in [0.1, 0.15) is 65.5 Å². The lowest BCUT2D eigenvalue weighted by molar-refractivity contribution is -0.196. The molecule has 1 saturated heterocycles. The summed E-state index contributed by atoms with van der Waals surface area (Å²) in [5.41, 5.74) is -1.24. The predicted octanol–water partition coefficient (Wildman–Crippen LogP) is 3.76. The number of esters is 3. The molecule has 4 aliphatic rings. The van der Waals surface area contributed by atoms with E-state index < -0.39 is 52.2 Å². The van der Waals surface area contributed by atoms with E-state index in [2.05, 4.69) is 6.92 Å². The van der Waals surface area contributed by atoms with Gasteiger partial charge in [-0.1, -0.05) is 39.3 Å². The topological polar surface area (TPSA) is 126 Å². The van der Waals surface area contributed by atoms with Crippen LogP contribution in [-0.2, 0) is 38.2 Å². The summed E-state index contributed by atoms with van der Waals surface area (Å²) in [5, 5.41) is 0. The van der Waals surface area contributed by atoms with Crippen LogP contribution in [0.5, 0.6) is 0 Å². The van der Waals surface area contributed by atoms with Gasteiger partial charge in [-0.25, -0.2) is 4.79 Å². The largest absolute Gasteiger partial charge is 0.472 e. The van der Waals surface area contributed by atoms with Crippen LogP contribution in [0.3, 0.4) is 0 Å². The van der Waals surface area contributed by atoms with Gasteiger partial charge in [0.25, 0.3) is 0 Å². The zero-order chi connectivity index (χ0) is 27.8. The standard InChI is InChI=1S/C29H34O9/c1-14(30)37-21(26(34)35-6)22-27(2,3)23(32)17-11-16-18(29(22,5)24(17)33)7-9-28(4)19(16)12-20(31)38-25(28)15-8-10-36-13-15/h8,10-11,13,17-19,21-22,25H,7,9,12H2,1-6H3/t17-,18-,19-,21-,22?,25-,28+,29+/m0/s1. The molecule has 1 aromatic heterocycles. The molecule has 0 spiro atoms. The van der Waals surface area contributed by atoms with E-state index in [0.29, 0.717) is 12.8 Å². The molecule has 0 N–H and O–H groups in total. The van der Waals surface area contributed by atoms with Crippen LogP contribution in [0.4, 0.5) is 0 Å². The van der Waals surface area contributed by atoms with Crippen LogP contribution in [0.25, 0.3) is 0 Å². The number of allylic oxidation sites excluding steroid dienone is 2. The molecule has 9 heteroatoms. The zero-order valence-corrected chi connectivity index (χ0v) is 22.6. The van der Waals surface area contributed by atoms with Gasteiger partial charge in [-0.15, -0.1) is 0 Å². The number of cyclic esters (lactones) is 1. The summed E-state index contributed by atoms with van der Waals surface area (Å²) in [7, 11) is 1.19. The Hall–Kier alpha value is -3.23. The number of rotatable bonds is 4. The Kier molecular flexibility index (Phi) is 6.00. The van der Waals surface area contributed by atoms with Crippen LogP contribution in [0.15, 0.2) is 34.7 Å². The number of ketones is 2. The van der Waals surface area contributed by atoms with Crippen molar-refractivity contribution in [2.24, 2.45) is 39.9 Å². The van der Waals surface area contributed by atoms with Gasteiger partial charge in [-0.3, -0.25) is 19.2 Å². The molecule has 2 heterocycles. The smallest absolute Gasteiger partial charge is 0.347 e. The normalized spacial score (nSPS) is 38.2. The summed E-state index contributed by atoms with van der Waals surface area (Å²) in [6.07, 6.45) is 4.24. The van der Waals surface area contributed by atoms with Crippen LogP contribution in [0.2, 0.25) is 0 Å². The van der Waals surface area contributed by atoms with E-state index >= 15 is 0 Å². The summed E-state index contributed by atoms with van der Waals surface area (Å²) < 4.78 is 21.6. The van der Waals surface area contributed by atoms with Gasteiger partial charge in [0.2, 0.25) is 6.10 Å². The Morgan fingerprint density at radius 2 is 1.79 bits per heavy atom. The fourth-order valence-corrected chi connectivity index (χ4v) is 8.20. The minimum atomic E-state index is -1.44. The number of Topliss-reactive ketones (excluding diaryl/α,β-unsaturated/α-hetero) is 2. The van der Waals surface area contributed by atoms with E-state index in [1.54, 1.807) is 45.4 Å². The van der Waals surface area contributed by atoms with Crippen molar-refractivity contribution < 1.29 is 42.6 Å². The van der Waals surface area contributed by atoms with E-state index in [-0.39, 0.29) is 35.8 Å². The highest BCUT2D eigenvalue weighted by molar-refractivity contribution is 6.13. The third-order valence-electron chi connectivity index (χ3n) is 9.90. The summed E-state index contributed by atoms with van der Waals surface area (Å²) in [5.74, 6) is -5.11. The van der Waals surface area contributed by atoms with Gasteiger partial charge in [0.1, 0.15) is 6.10 Å². The second kappa shape index (κ2) is 8.64. The third kappa shape index (κ3) is 3.46. The maximum absolute atomic E-state index is 14.1. The number of hydrogen-bond donors (Lipinski definition) is 0. The predicted molar refractivity (Wildman–Crippen MR) is 131 cm³/mol. The average molecular weight is 527 g/mol. The van der Waals surface area contributed by atoms with Gasteiger partial charge in [0, 0.05) is 34.7 Å². The third-order valence-corrected chi connectivity index (χ3v) is 9.90. The second-order valence-electron chi connectivity index (χ2n) is 12.2. The molecule has 0 amide bonds. The molecule has 1 unspecified atom stereocenters. The fourth-order valence-electron chi connectivity index (χ4n) is 8.20. The SMILES string of the molecule is COC(=O)[C@@H](OC(C)=O)C1C(C)(C)C(=O)[C@@H]2C=C3[C@@H]4CC(=O)O[C@@H](c5ccoc5)[C@]4(C)CC[C@@H]3[C@@]1(C)C2=O. The van der Waals surface area contributed by atoms with Gasteiger partial charge in [-0.2, -0.15) is 0 Å². The molecular weight excluding hydrogens is 492 g/mol. The van der Waals surface area contributed by atoms with Crippen molar-refractivity contribution in [2.45, 2.75) is 66.1 Å². The summed E-state index contributed by atoms with van der Waals surface area (Å²) in [6, 6.07) is 1.79. The van der Waals surface area contributed by atoms with Crippen LogP contribution in [0, 0.1) is 39.9 Å². The van der Waals surface area contributed by atoms with E-state index in [9.17, 15) is 24.0 Å². The van der Waals surface area contributed by atoms with Crippen molar-refractivity contribution in [1.82, 2.24) is 0 Å². The summed E-state index contributed by atoms with van der Waals surface area (Å²) in [6.45, 7) is 8.45. The van der Waals surface area contributed by atoms with Gasteiger partial charge in [-0.05, 0) is 30.7 Å². The van der Waals surface area contributed by atoms with E-state index in [0.717, 1.165) is 11.1 Å². The zero-order valence-electron chi connectivity index (χ0n) is 22.6. The maximum atomic E-state index is 14.1. The first-order valence-corrected chi connectivity index (χ1v) is 13.0. The van der Waals surface area contributed by atoms with Gasteiger partial charge in [0.05, 0.1) is 32.0 Å². The number of fused-ring (bicyclic) bond motifs is 6. The molecule has 38 heavy (non-hydrogen) atoms. The van der Waals surface area contributed by atoms with Crippen molar-refractivity contribution >= 4 is 29.5 Å². The Balaban J connectivity index is 1.67. The van der Waals surface area contributed by atoms with Crippen LogP contribution < -0.4 is 0 Å². The Morgan fingerprint density at radius 1 is 1.08 bits per heavy atom. The number of hydrogen-bond acceptors (Lipinski definition) is 9. The molecular formula is C29H34O9. The first kappa shape index (κ1) is 26.4. The molecule has 1 aromatic rings. The molecule has 0 radical (unpaired) electrons. The van der Waals surface area contributed by atoms with E-state index in [4.69, 9.17) is 18.6 Å². The summed E-state index contributed by atoms with van der Waals surface area (Å²) in [4.78, 5) is 66.0. The van der Waals surface area contributed by atoms with Gasteiger partial charge >= 0.3 is 17.9 Å². The molecule has 2 bridgehead atoms. The van der Waals surface area contributed by atoms with Crippen molar-refractivity contribution in [3.63, 3.8) is 0 Å². The fraction of sp³-hybridized carbons (Fsp3) is 0.621. The lowest BCUT2D eigenvalue weighted by atomic mass is 9.40. The minimum Gasteiger partial charge on any atom is -0.472 e. The van der Waals surface area contributed by atoms with Crippen LogP contribution >= 0.6 is 0 Å². The van der Waals surface area contributed by atoms with Crippen molar-refractivity contribution in [3.8, 4) is 0 Å². The molecule has 2 saturated carbocycles. The minimum absolute atomic E-state index is 0.122. The lowest BCUT2D eigenvalue weighted by Gasteiger charge is -2.62. The summed E-state index contributed by atoms with van der Waals surface area (Å²) >= 11 is 0. The highest BCUT2D eigenvalue weighted by Gasteiger charge is 2.70. The Labute approximate surface area is 221 Å². The number of ether oxygens (including phenoxy) is 3. The molecule has 5 rings (SSSR count). The Bertz CT molecular complexity index is 1240. The maximum Gasteiger partial charge on any atom is 0.347 e. The monoisotopic (exact) mass is 526 g/mol. The first-order chi connectivity index (χ1) is 17.8. The average Bonchev–Trinajstić information content (AvgIpc) is 3.38. The molecule has 3 aliphatic carbocycles. The Morgan fingerprint density at radius 3 is 2.39 bits per heavy atom. The molecule has 204 valence electrons. The number of furan rings is 1. The molecule has 0 aromatic carbocycles. The van der Waals surface area contributed by atoms with Crippen molar-refractivity contribution in [3.05, 3.63) is 35.8 Å². The van der Waals surface area contributed by atoms with E-state index in [1.807, 2.05) is 0 Å². The molecule has 3 fully saturated rings. The lowest BCUT2D eigenvalue weighted by Crippen LogP contribution is -2.68. The number of carbonyl (C=O) groups is 5. The highest BCUT2D eigenvalue weighted by atomic mass is 16.6. The van der Waals surface area contributed by atoms with Crippen molar-refractivity contribution in [2.75, 3.05) is 7.11 Å². The van der Waals surface area contributed by atoms with E-state index in [1.165, 1.54) is 14.0 Å². The van der Waals surface area contributed by atoms with Crippen molar-refractivity contribution in [1.29, 1.82) is 0 Å². The highest BCUT2D eigenvalue weighted by Crippen LogP contribution is 2.67. The molecule has 9 nitrogen and oxygen atoms in total.